The monoisotopic (exact) mass is 330 g/mol. The number of nitrogens with zero attached hydrogens (tertiary/aromatic N) is 2. The Labute approximate surface area is 127 Å². The SMILES string of the molecule is COc1ccc(CN(C)c2cccc(C#N)c2)cc1Br. The van der Waals surface area contributed by atoms with Crippen LogP contribution in [0.2, 0.25) is 0 Å². The molecule has 0 atom stereocenters. The van der Waals surface area contributed by atoms with Crippen molar-refractivity contribution in [3.05, 3.63) is 58.1 Å². The van der Waals surface area contributed by atoms with E-state index in [1.54, 1.807) is 13.2 Å². The molecular weight excluding hydrogens is 316 g/mol. The van der Waals surface area contributed by atoms with Crippen LogP contribution in [0.15, 0.2) is 46.9 Å². The first-order valence-electron chi connectivity index (χ1n) is 6.17. The minimum Gasteiger partial charge on any atom is -0.496 e. The number of halogens is 1. The van der Waals surface area contributed by atoms with Crippen molar-refractivity contribution in [2.24, 2.45) is 0 Å². The fourth-order valence-corrected chi connectivity index (χ4v) is 2.57. The molecule has 102 valence electrons. The number of rotatable bonds is 4. The summed E-state index contributed by atoms with van der Waals surface area (Å²) in [6, 6.07) is 15.8. The highest BCUT2D eigenvalue weighted by Crippen LogP contribution is 2.26. The van der Waals surface area contributed by atoms with Gasteiger partial charge in [0.1, 0.15) is 5.75 Å². The Morgan fingerprint density at radius 3 is 2.70 bits per heavy atom. The molecule has 2 rings (SSSR count). The average molecular weight is 331 g/mol. The van der Waals surface area contributed by atoms with Gasteiger partial charge >= 0.3 is 0 Å². The summed E-state index contributed by atoms with van der Waals surface area (Å²) in [7, 11) is 3.66. The standard InChI is InChI=1S/C16H15BrN2O/c1-19(14-5-3-4-12(8-14)10-18)11-13-6-7-16(20-2)15(17)9-13/h3-9H,11H2,1-2H3. The zero-order valence-electron chi connectivity index (χ0n) is 11.4. The molecule has 0 bridgehead atoms. The lowest BCUT2D eigenvalue weighted by Gasteiger charge is -2.20. The fraction of sp³-hybridized carbons (Fsp3) is 0.188. The lowest BCUT2D eigenvalue weighted by atomic mass is 10.1. The zero-order chi connectivity index (χ0) is 14.5. The summed E-state index contributed by atoms with van der Waals surface area (Å²) in [5.41, 5.74) is 2.86. The molecule has 0 heterocycles. The number of benzene rings is 2. The van der Waals surface area contributed by atoms with Crippen LogP contribution in [0.25, 0.3) is 0 Å². The van der Waals surface area contributed by atoms with Crippen LogP contribution in [0.5, 0.6) is 5.75 Å². The lowest BCUT2D eigenvalue weighted by Crippen LogP contribution is -2.16. The first-order valence-corrected chi connectivity index (χ1v) is 6.97. The number of hydrogen-bond acceptors (Lipinski definition) is 3. The summed E-state index contributed by atoms with van der Waals surface area (Å²) in [5.74, 6) is 0.822. The fourth-order valence-electron chi connectivity index (χ4n) is 1.99. The van der Waals surface area contributed by atoms with E-state index in [2.05, 4.69) is 26.9 Å². The van der Waals surface area contributed by atoms with E-state index in [-0.39, 0.29) is 0 Å². The second-order valence-electron chi connectivity index (χ2n) is 4.49. The maximum Gasteiger partial charge on any atom is 0.133 e. The van der Waals surface area contributed by atoms with Gasteiger partial charge in [-0.05, 0) is 51.8 Å². The molecule has 4 heteroatoms. The number of anilines is 1. The van der Waals surface area contributed by atoms with Gasteiger partial charge in [-0.1, -0.05) is 12.1 Å². The molecule has 3 nitrogen and oxygen atoms in total. The predicted molar refractivity (Wildman–Crippen MR) is 84.0 cm³/mol. The zero-order valence-corrected chi connectivity index (χ0v) is 13.0. The van der Waals surface area contributed by atoms with Crippen LogP contribution in [0, 0.1) is 11.3 Å². The van der Waals surface area contributed by atoms with Crippen LogP contribution < -0.4 is 9.64 Å². The molecule has 0 fully saturated rings. The second kappa shape index (κ2) is 6.44. The maximum atomic E-state index is 8.94. The molecule has 0 aliphatic rings. The third-order valence-corrected chi connectivity index (χ3v) is 3.67. The summed E-state index contributed by atoms with van der Waals surface area (Å²) in [4.78, 5) is 2.11. The minimum atomic E-state index is 0.672. The van der Waals surface area contributed by atoms with E-state index in [4.69, 9.17) is 10.00 Å². The molecule has 2 aromatic rings. The van der Waals surface area contributed by atoms with Gasteiger partial charge in [0, 0.05) is 19.3 Å². The highest BCUT2D eigenvalue weighted by atomic mass is 79.9. The van der Waals surface area contributed by atoms with E-state index < -0.39 is 0 Å². The van der Waals surface area contributed by atoms with Gasteiger partial charge in [-0.2, -0.15) is 5.26 Å². The molecule has 0 aliphatic heterocycles. The van der Waals surface area contributed by atoms with Gasteiger partial charge in [0.2, 0.25) is 0 Å². The number of nitriles is 1. The summed E-state index contributed by atoms with van der Waals surface area (Å²) in [6.45, 7) is 0.761. The maximum absolute atomic E-state index is 8.94. The van der Waals surface area contributed by atoms with Crippen molar-refractivity contribution in [3.8, 4) is 11.8 Å². The van der Waals surface area contributed by atoms with Crippen molar-refractivity contribution in [3.63, 3.8) is 0 Å². The summed E-state index contributed by atoms with van der Waals surface area (Å²) in [6.07, 6.45) is 0. The quantitative estimate of drug-likeness (QED) is 0.851. The average Bonchev–Trinajstić information content (AvgIpc) is 2.47. The molecule has 0 radical (unpaired) electrons. The largest absolute Gasteiger partial charge is 0.496 e. The van der Waals surface area contributed by atoms with Crippen molar-refractivity contribution < 1.29 is 4.74 Å². The van der Waals surface area contributed by atoms with Gasteiger partial charge in [0.15, 0.2) is 0 Å². The van der Waals surface area contributed by atoms with Gasteiger partial charge in [-0.25, -0.2) is 0 Å². The summed E-state index contributed by atoms with van der Waals surface area (Å²) >= 11 is 3.49. The molecule has 0 unspecified atom stereocenters. The Balaban J connectivity index is 2.17. The van der Waals surface area contributed by atoms with Crippen molar-refractivity contribution in [2.75, 3.05) is 19.1 Å². The lowest BCUT2D eigenvalue weighted by molar-refractivity contribution is 0.412. The Kier molecular flexibility index (Phi) is 4.65. The topological polar surface area (TPSA) is 36.3 Å². The van der Waals surface area contributed by atoms with Crippen LogP contribution >= 0.6 is 15.9 Å². The van der Waals surface area contributed by atoms with Crippen LogP contribution in [0.4, 0.5) is 5.69 Å². The molecule has 0 aliphatic carbocycles. The highest BCUT2D eigenvalue weighted by Gasteiger charge is 2.06. The van der Waals surface area contributed by atoms with Gasteiger partial charge < -0.3 is 9.64 Å². The van der Waals surface area contributed by atoms with Gasteiger partial charge in [0.05, 0.1) is 23.2 Å². The second-order valence-corrected chi connectivity index (χ2v) is 5.34. The molecular formula is C16H15BrN2O. The van der Waals surface area contributed by atoms with Gasteiger partial charge in [0.25, 0.3) is 0 Å². The molecule has 0 N–H and O–H groups in total. The van der Waals surface area contributed by atoms with Crippen molar-refractivity contribution in [1.82, 2.24) is 0 Å². The van der Waals surface area contributed by atoms with E-state index in [1.165, 1.54) is 5.56 Å². The predicted octanol–water partition coefficient (Wildman–Crippen LogP) is 3.97. The van der Waals surface area contributed by atoms with E-state index in [9.17, 15) is 0 Å². The third kappa shape index (κ3) is 3.31. The molecule has 20 heavy (non-hydrogen) atoms. The van der Waals surface area contributed by atoms with E-state index in [0.29, 0.717) is 5.56 Å². The van der Waals surface area contributed by atoms with E-state index in [0.717, 1.165) is 22.5 Å². The first-order chi connectivity index (χ1) is 9.63. The molecule has 0 amide bonds. The number of ether oxygens (including phenoxy) is 1. The molecule has 0 aromatic heterocycles. The Morgan fingerprint density at radius 1 is 1.25 bits per heavy atom. The van der Waals surface area contributed by atoms with Crippen LogP contribution in [-0.2, 0) is 6.54 Å². The van der Waals surface area contributed by atoms with Gasteiger partial charge in [-0.3, -0.25) is 0 Å². The molecule has 2 aromatic carbocycles. The first kappa shape index (κ1) is 14.4. The van der Waals surface area contributed by atoms with Crippen molar-refractivity contribution in [2.45, 2.75) is 6.54 Å². The van der Waals surface area contributed by atoms with E-state index >= 15 is 0 Å². The Bertz CT molecular complexity index is 649. The van der Waals surface area contributed by atoms with Crippen LogP contribution in [0.3, 0.4) is 0 Å². The molecule has 0 saturated carbocycles. The molecule has 0 saturated heterocycles. The highest BCUT2D eigenvalue weighted by molar-refractivity contribution is 9.10. The third-order valence-electron chi connectivity index (χ3n) is 3.05. The number of hydrogen-bond donors (Lipinski definition) is 0. The number of methoxy groups -OCH3 is 1. The normalized spacial score (nSPS) is 9.90. The van der Waals surface area contributed by atoms with E-state index in [1.807, 2.05) is 43.4 Å². The smallest absolute Gasteiger partial charge is 0.133 e. The van der Waals surface area contributed by atoms with Crippen molar-refractivity contribution >= 4 is 21.6 Å². The molecule has 0 spiro atoms. The minimum absolute atomic E-state index is 0.672. The summed E-state index contributed by atoms with van der Waals surface area (Å²) < 4.78 is 6.16. The van der Waals surface area contributed by atoms with Crippen LogP contribution in [0.1, 0.15) is 11.1 Å². The summed E-state index contributed by atoms with van der Waals surface area (Å²) in [5, 5.41) is 8.94. The van der Waals surface area contributed by atoms with Gasteiger partial charge in [-0.15, -0.1) is 0 Å². The van der Waals surface area contributed by atoms with Crippen molar-refractivity contribution in [1.29, 1.82) is 5.26 Å². The Hall–Kier alpha value is -1.99. The Morgan fingerprint density at radius 2 is 2.05 bits per heavy atom. The van der Waals surface area contributed by atoms with Crippen LogP contribution in [-0.4, -0.2) is 14.2 Å².